The normalized spacial score (nSPS) is 32.5. The SMILES string of the molecule is CCC1C(=O)NC(C(C)C)C(=O)N1C1C(C)(C)C1(C)C. The summed E-state index contributed by atoms with van der Waals surface area (Å²) >= 11 is 0. The van der Waals surface area contributed by atoms with Gasteiger partial charge in [-0.1, -0.05) is 48.5 Å². The van der Waals surface area contributed by atoms with Gasteiger partial charge in [-0.25, -0.2) is 0 Å². The number of rotatable bonds is 3. The summed E-state index contributed by atoms with van der Waals surface area (Å²) in [5.41, 5.74) is 0.129. The molecule has 0 aromatic carbocycles. The fourth-order valence-corrected chi connectivity index (χ4v) is 3.75. The molecule has 2 rings (SSSR count). The van der Waals surface area contributed by atoms with E-state index in [-0.39, 0.29) is 46.7 Å². The summed E-state index contributed by atoms with van der Waals surface area (Å²) in [5, 5.41) is 2.90. The van der Waals surface area contributed by atoms with Gasteiger partial charge in [0.05, 0.1) is 0 Å². The van der Waals surface area contributed by atoms with Crippen molar-refractivity contribution in [3.8, 4) is 0 Å². The minimum Gasteiger partial charge on any atom is -0.342 e. The molecule has 1 saturated carbocycles. The molecule has 4 heteroatoms. The average Bonchev–Trinajstić information content (AvgIpc) is 2.72. The van der Waals surface area contributed by atoms with Gasteiger partial charge >= 0.3 is 0 Å². The Morgan fingerprint density at radius 1 is 1.15 bits per heavy atom. The van der Waals surface area contributed by atoms with Crippen molar-refractivity contribution in [3.63, 3.8) is 0 Å². The number of carbonyl (C=O) groups is 2. The predicted molar refractivity (Wildman–Crippen MR) is 79.0 cm³/mol. The number of piperazine rings is 1. The van der Waals surface area contributed by atoms with Crippen molar-refractivity contribution in [2.45, 2.75) is 73.0 Å². The van der Waals surface area contributed by atoms with Gasteiger partial charge < -0.3 is 10.2 Å². The van der Waals surface area contributed by atoms with Crippen molar-refractivity contribution in [2.24, 2.45) is 16.7 Å². The first-order chi connectivity index (χ1) is 9.07. The van der Waals surface area contributed by atoms with Gasteiger partial charge in [-0.3, -0.25) is 9.59 Å². The second kappa shape index (κ2) is 4.47. The molecule has 0 aromatic heterocycles. The number of hydrogen-bond acceptors (Lipinski definition) is 2. The summed E-state index contributed by atoms with van der Waals surface area (Å²) in [6.07, 6.45) is 0.672. The minimum atomic E-state index is -0.377. The summed E-state index contributed by atoms with van der Waals surface area (Å²) in [6, 6.07) is -0.541. The summed E-state index contributed by atoms with van der Waals surface area (Å²) in [5.74, 6) is 0.219. The fourth-order valence-electron chi connectivity index (χ4n) is 3.75. The quantitative estimate of drug-likeness (QED) is 0.861. The van der Waals surface area contributed by atoms with Gasteiger partial charge in [0, 0.05) is 6.04 Å². The molecule has 0 spiro atoms. The maximum atomic E-state index is 12.9. The molecule has 2 aliphatic rings. The third-order valence-corrected chi connectivity index (χ3v) is 5.73. The van der Waals surface area contributed by atoms with Crippen LogP contribution in [-0.4, -0.2) is 34.8 Å². The van der Waals surface area contributed by atoms with Crippen LogP contribution in [0.25, 0.3) is 0 Å². The zero-order valence-corrected chi connectivity index (χ0v) is 13.8. The maximum absolute atomic E-state index is 12.9. The Kier molecular flexibility index (Phi) is 3.43. The van der Waals surface area contributed by atoms with Crippen LogP contribution in [0.1, 0.15) is 54.9 Å². The standard InChI is InChI=1S/C16H28N2O2/c1-8-10-12(19)17-11(9(2)3)13(20)18(10)14-15(4,5)16(14,6)7/h9-11,14H,8H2,1-7H3,(H,17,19). The zero-order chi connectivity index (χ0) is 15.5. The van der Waals surface area contributed by atoms with Crippen molar-refractivity contribution in [2.75, 3.05) is 0 Å². The Morgan fingerprint density at radius 3 is 2.00 bits per heavy atom. The van der Waals surface area contributed by atoms with Crippen molar-refractivity contribution < 1.29 is 9.59 Å². The van der Waals surface area contributed by atoms with E-state index in [2.05, 4.69) is 33.0 Å². The highest BCUT2D eigenvalue weighted by molar-refractivity contribution is 5.97. The highest BCUT2D eigenvalue weighted by Gasteiger charge is 2.70. The molecule has 1 saturated heterocycles. The lowest BCUT2D eigenvalue weighted by atomic mass is 9.96. The first kappa shape index (κ1) is 15.3. The zero-order valence-electron chi connectivity index (χ0n) is 13.8. The third kappa shape index (κ3) is 1.87. The third-order valence-electron chi connectivity index (χ3n) is 5.73. The van der Waals surface area contributed by atoms with Crippen LogP contribution < -0.4 is 5.32 Å². The van der Waals surface area contributed by atoms with Gasteiger partial charge in [-0.2, -0.15) is 0 Å². The Bertz CT molecular complexity index is 426. The molecular weight excluding hydrogens is 252 g/mol. The van der Waals surface area contributed by atoms with Crippen LogP contribution >= 0.6 is 0 Å². The van der Waals surface area contributed by atoms with E-state index in [0.717, 1.165) is 0 Å². The van der Waals surface area contributed by atoms with Crippen molar-refractivity contribution in [1.29, 1.82) is 0 Å². The first-order valence-corrected chi connectivity index (χ1v) is 7.70. The summed E-state index contributed by atoms with van der Waals surface area (Å²) in [7, 11) is 0. The molecule has 0 bridgehead atoms. The molecule has 1 heterocycles. The number of nitrogens with zero attached hydrogens (tertiary/aromatic N) is 1. The van der Waals surface area contributed by atoms with E-state index in [1.54, 1.807) is 0 Å². The van der Waals surface area contributed by atoms with Crippen molar-refractivity contribution >= 4 is 11.8 Å². The monoisotopic (exact) mass is 280 g/mol. The second-order valence-electron chi connectivity index (χ2n) is 7.75. The molecule has 2 amide bonds. The highest BCUT2D eigenvalue weighted by Crippen LogP contribution is 2.66. The van der Waals surface area contributed by atoms with Crippen LogP contribution in [0.5, 0.6) is 0 Å². The van der Waals surface area contributed by atoms with Crippen LogP contribution in [0.4, 0.5) is 0 Å². The van der Waals surface area contributed by atoms with E-state index in [0.29, 0.717) is 6.42 Å². The predicted octanol–water partition coefficient (Wildman–Crippen LogP) is 2.18. The van der Waals surface area contributed by atoms with Crippen LogP contribution in [0.3, 0.4) is 0 Å². The largest absolute Gasteiger partial charge is 0.342 e. The highest BCUT2D eigenvalue weighted by atomic mass is 16.2. The molecule has 114 valence electrons. The van der Waals surface area contributed by atoms with E-state index in [4.69, 9.17) is 0 Å². The Morgan fingerprint density at radius 2 is 1.65 bits per heavy atom. The molecule has 2 atom stereocenters. The Labute approximate surface area is 122 Å². The number of nitrogens with one attached hydrogen (secondary N) is 1. The molecule has 4 nitrogen and oxygen atoms in total. The molecular formula is C16H28N2O2. The van der Waals surface area contributed by atoms with E-state index in [1.807, 2.05) is 25.7 Å². The van der Waals surface area contributed by atoms with E-state index in [9.17, 15) is 9.59 Å². The molecule has 0 radical (unpaired) electrons. The summed E-state index contributed by atoms with van der Waals surface area (Å²) < 4.78 is 0. The smallest absolute Gasteiger partial charge is 0.246 e. The van der Waals surface area contributed by atoms with E-state index < -0.39 is 0 Å². The maximum Gasteiger partial charge on any atom is 0.246 e. The molecule has 2 fully saturated rings. The fraction of sp³-hybridized carbons (Fsp3) is 0.875. The summed E-state index contributed by atoms with van der Waals surface area (Å²) in [6.45, 7) is 14.7. The Balaban J connectivity index is 2.37. The van der Waals surface area contributed by atoms with Crippen LogP contribution in [0.2, 0.25) is 0 Å². The molecule has 20 heavy (non-hydrogen) atoms. The van der Waals surface area contributed by atoms with Crippen LogP contribution in [0.15, 0.2) is 0 Å². The molecule has 1 aliphatic carbocycles. The number of carbonyl (C=O) groups excluding carboxylic acids is 2. The Hall–Kier alpha value is -1.06. The summed E-state index contributed by atoms with van der Waals surface area (Å²) in [4.78, 5) is 27.1. The van der Waals surface area contributed by atoms with Gasteiger partial charge in [-0.15, -0.1) is 0 Å². The average molecular weight is 280 g/mol. The first-order valence-electron chi connectivity index (χ1n) is 7.70. The van der Waals surface area contributed by atoms with Gasteiger partial charge in [0.25, 0.3) is 0 Å². The lowest BCUT2D eigenvalue weighted by Crippen LogP contribution is -2.65. The second-order valence-corrected chi connectivity index (χ2v) is 7.75. The topological polar surface area (TPSA) is 49.4 Å². The minimum absolute atomic E-state index is 0.00398. The van der Waals surface area contributed by atoms with Gasteiger partial charge in [0.1, 0.15) is 12.1 Å². The molecule has 2 unspecified atom stereocenters. The molecule has 0 aromatic rings. The van der Waals surface area contributed by atoms with Gasteiger partial charge in [0.2, 0.25) is 11.8 Å². The number of hydrogen-bond donors (Lipinski definition) is 1. The van der Waals surface area contributed by atoms with Crippen molar-refractivity contribution in [1.82, 2.24) is 10.2 Å². The number of amides is 2. The molecule has 1 aliphatic heterocycles. The van der Waals surface area contributed by atoms with E-state index >= 15 is 0 Å². The lowest BCUT2D eigenvalue weighted by Gasteiger charge is -2.41. The lowest BCUT2D eigenvalue weighted by molar-refractivity contribution is -0.152. The van der Waals surface area contributed by atoms with Gasteiger partial charge in [-0.05, 0) is 23.2 Å². The van der Waals surface area contributed by atoms with Crippen LogP contribution in [-0.2, 0) is 9.59 Å². The molecule has 1 N–H and O–H groups in total. The van der Waals surface area contributed by atoms with E-state index in [1.165, 1.54) is 0 Å². The van der Waals surface area contributed by atoms with Crippen molar-refractivity contribution in [3.05, 3.63) is 0 Å². The van der Waals surface area contributed by atoms with Gasteiger partial charge in [0.15, 0.2) is 0 Å². The van der Waals surface area contributed by atoms with Crippen LogP contribution in [0, 0.1) is 16.7 Å².